The van der Waals surface area contributed by atoms with E-state index in [2.05, 4.69) is 32.9 Å². The van der Waals surface area contributed by atoms with Crippen LogP contribution in [0.3, 0.4) is 0 Å². The van der Waals surface area contributed by atoms with Crippen LogP contribution < -0.4 is 0 Å². The molecule has 33 heavy (non-hydrogen) atoms. The lowest BCUT2D eigenvalue weighted by Crippen LogP contribution is -2.51. The Kier molecular flexibility index (Phi) is 5.85. The third-order valence-corrected chi connectivity index (χ3v) is 12.1. The second kappa shape index (κ2) is 8.09. The van der Waals surface area contributed by atoms with Crippen LogP contribution in [-0.4, -0.2) is 21.9 Å². The van der Waals surface area contributed by atoms with Gasteiger partial charge < -0.3 is 10.2 Å². The molecule has 0 aromatic heterocycles. The highest BCUT2D eigenvalue weighted by atomic mass is 16.3. The van der Waals surface area contributed by atoms with Crippen LogP contribution in [0.5, 0.6) is 0 Å². The number of nitriles is 1. The maximum atomic E-state index is 10.8. The van der Waals surface area contributed by atoms with Crippen LogP contribution in [0.2, 0.25) is 0 Å². The number of aliphatic hydroxyl groups is 2. The summed E-state index contributed by atoms with van der Waals surface area (Å²) in [4.78, 5) is 0. The molecule has 0 radical (unpaired) electrons. The highest BCUT2D eigenvalue weighted by Crippen LogP contribution is 2.67. The van der Waals surface area contributed by atoms with Crippen molar-refractivity contribution >= 4 is 0 Å². The van der Waals surface area contributed by atoms with E-state index in [1.54, 1.807) is 5.57 Å². The molecule has 0 aliphatic heterocycles. The molecule has 0 aromatic rings. The van der Waals surface area contributed by atoms with Crippen molar-refractivity contribution in [2.75, 3.05) is 0 Å². The smallest absolute Gasteiger partial charge is 0.0832 e. The first-order valence-electron chi connectivity index (χ1n) is 14.1. The van der Waals surface area contributed by atoms with Crippen LogP contribution in [-0.2, 0) is 0 Å². The van der Waals surface area contributed by atoms with Gasteiger partial charge in [-0.15, -0.1) is 0 Å². The molecule has 3 nitrogen and oxygen atoms in total. The molecule has 0 bridgehead atoms. The van der Waals surface area contributed by atoms with Gasteiger partial charge in [0, 0.05) is 0 Å². The van der Waals surface area contributed by atoms with Crippen LogP contribution in [0.1, 0.15) is 111 Å². The summed E-state index contributed by atoms with van der Waals surface area (Å²) in [6, 6.07) is 2.45. The number of fused-ring (bicyclic) bond motifs is 5. The fraction of sp³-hybridized carbons (Fsp3) is 0.900. The minimum absolute atomic E-state index is 0.300. The van der Waals surface area contributed by atoms with E-state index in [0.717, 1.165) is 69.1 Å². The Bertz CT molecular complexity index is 835. The second-order valence-corrected chi connectivity index (χ2v) is 13.9. The Balaban J connectivity index is 1.29. The van der Waals surface area contributed by atoms with Crippen LogP contribution >= 0.6 is 0 Å². The Morgan fingerprint density at radius 2 is 1.82 bits per heavy atom. The van der Waals surface area contributed by atoms with Gasteiger partial charge in [0.05, 0.1) is 23.2 Å². The Morgan fingerprint density at radius 3 is 2.48 bits per heavy atom. The predicted molar refractivity (Wildman–Crippen MR) is 132 cm³/mol. The summed E-state index contributed by atoms with van der Waals surface area (Å²) < 4.78 is 0. The van der Waals surface area contributed by atoms with E-state index in [1.165, 1.54) is 32.1 Å². The first kappa shape index (κ1) is 23.9. The van der Waals surface area contributed by atoms with Crippen molar-refractivity contribution in [3.05, 3.63) is 11.6 Å². The van der Waals surface area contributed by atoms with Crippen molar-refractivity contribution in [2.24, 2.45) is 45.8 Å². The van der Waals surface area contributed by atoms with Gasteiger partial charge in [0.2, 0.25) is 0 Å². The van der Waals surface area contributed by atoms with E-state index >= 15 is 0 Å². The fourth-order valence-corrected chi connectivity index (χ4v) is 9.65. The number of hydrogen-bond donors (Lipinski definition) is 2. The molecule has 0 amide bonds. The van der Waals surface area contributed by atoms with E-state index in [1.807, 2.05) is 6.92 Å². The first-order chi connectivity index (χ1) is 15.5. The standard InChI is InChI=1S/C30H47NO2/c1-20(6-11-26(32)30(19-31)13-5-14-30)23-9-10-24-22-8-7-21-18-27(2,33)16-17-28(21,3)25(22)12-15-29(23,24)4/h12,20-24,26,32-33H,5-11,13-18H2,1-4H3/t20-,21+,22+,23-,24+,26-,27+,28+,29-/m1/s1. The molecular formula is C30H47NO2. The molecule has 4 fully saturated rings. The van der Waals surface area contributed by atoms with Gasteiger partial charge in [-0.05, 0) is 124 Å². The molecule has 2 N–H and O–H groups in total. The van der Waals surface area contributed by atoms with Crippen LogP contribution in [0.25, 0.3) is 0 Å². The van der Waals surface area contributed by atoms with Crippen molar-refractivity contribution < 1.29 is 10.2 Å². The van der Waals surface area contributed by atoms with Gasteiger partial charge in [0.25, 0.3) is 0 Å². The Labute approximate surface area is 202 Å². The van der Waals surface area contributed by atoms with Gasteiger partial charge in [0.15, 0.2) is 0 Å². The lowest BCUT2D eigenvalue weighted by molar-refractivity contribution is -0.0649. The van der Waals surface area contributed by atoms with E-state index in [4.69, 9.17) is 0 Å². The molecule has 5 aliphatic carbocycles. The number of allylic oxidation sites excluding steroid dienone is 2. The number of aliphatic hydroxyl groups excluding tert-OH is 1. The third kappa shape index (κ3) is 3.65. The maximum Gasteiger partial charge on any atom is 0.0832 e. The SMILES string of the molecule is C[C@H](CC[C@@H](O)C1(C#N)CCC1)[C@H]1CC[C@H]2[C@@H]3CC[C@H]4C[C@@](C)(O)CC[C@]4(C)C3=CC[C@]12C. The zero-order chi connectivity index (χ0) is 23.6. The molecule has 5 aliphatic rings. The van der Waals surface area contributed by atoms with Crippen molar-refractivity contribution in [3.8, 4) is 6.07 Å². The molecule has 0 heterocycles. The summed E-state index contributed by atoms with van der Waals surface area (Å²) in [5, 5.41) is 31.1. The van der Waals surface area contributed by atoms with E-state index in [-0.39, 0.29) is 0 Å². The Morgan fingerprint density at radius 1 is 1.06 bits per heavy atom. The lowest BCUT2D eigenvalue weighted by atomic mass is 9.47. The van der Waals surface area contributed by atoms with E-state index in [0.29, 0.717) is 22.7 Å². The topological polar surface area (TPSA) is 64.2 Å². The molecule has 184 valence electrons. The average molecular weight is 454 g/mol. The first-order valence-corrected chi connectivity index (χ1v) is 14.1. The van der Waals surface area contributed by atoms with Crippen LogP contribution in [0.15, 0.2) is 11.6 Å². The highest BCUT2D eigenvalue weighted by Gasteiger charge is 2.58. The van der Waals surface area contributed by atoms with Gasteiger partial charge >= 0.3 is 0 Å². The van der Waals surface area contributed by atoms with Gasteiger partial charge in [-0.25, -0.2) is 0 Å². The predicted octanol–water partition coefficient (Wildman–Crippen LogP) is 6.79. The largest absolute Gasteiger partial charge is 0.391 e. The molecule has 9 atom stereocenters. The second-order valence-electron chi connectivity index (χ2n) is 13.9. The summed E-state index contributed by atoms with van der Waals surface area (Å²) >= 11 is 0. The molecule has 0 aromatic carbocycles. The average Bonchev–Trinajstić information content (AvgIpc) is 3.09. The van der Waals surface area contributed by atoms with Crippen molar-refractivity contribution in [2.45, 2.75) is 123 Å². The summed E-state index contributed by atoms with van der Waals surface area (Å²) in [6.07, 6.45) is 16.5. The summed E-state index contributed by atoms with van der Waals surface area (Å²) in [5.74, 6) is 3.52. The zero-order valence-electron chi connectivity index (χ0n) is 21.6. The highest BCUT2D eigenvalue weighted by molar-refractivity contribution is 5.29. The molecule has 5 rings (SSSR count). The number of hydrogen-bond acceptors (Lipinski definition) is 3. The normalized spacial score (nSPS) is 47.7. The monoisotopic (exact) mass is 453 g/mol. The molecular weight excluding hydrogens is 406 g/mol. The molecule has 0 saturated heterocycles. The fourth-order valence-electron chi connectivity index (χ4n) is 9.65. The quantitative estimate of drug-likeness (QED) is 0.451. The van der Waals surface area contributed by atoms with E-state index < -0.39 is 17.1 Å². The molecule has 0 spiro atoms. The van der Waals surface area contributed by atoms with Gasteiger partial charge in [-0.1, -0.05) is 38.8 Å². The van der Waals surface area contributed by atoms with Crippen LogP contribution in [0.4, 0.5) is 0 Å². The number of nitrogens with zero attached hydrogens (tertiary/aromatic N) is 1. The van der Waals surface area contributed by atoms with E-state index in [9.17, 15) is 15.5 Å². The molecule has 4 saturated carbocycles. The van der Waals surface area contributed by atoms with Gasteiger partial charge in [-0.3, -0.25) is 0 Å². The van der Waals surface area contributed by atoms with Gasteiger partial charge in [0.1, 0.15) is 0 Å². The summed E-state index contributed by atoms with van der Waals surface area (Å²) in [7, 11) is 0. The van der Waals surface area contributed by atoms with Crippen molar-refractivity contribution in [1.82, 2.24) is 0 Å². The maximum absolute atomic E-state index is 10.8. The minimum Gasteiger partial charge on any atom is -0.391 e. The Hall–Kier alpha value is -0.850. The summed E-state index contributed by atoms with van der Waals surface area (Å²) in [6.45, 7) is 9.58. The lowest BCUT2D eigenvalue weighted by Gasteiger charge is -2.58. The van der Waals surface area contributed by atoms with Gasteiger partial charge in [-0.2, -0.15) is 5.26 Å². The third-order valence-electron chi connectivity index (χ3n) is 12.1. The molecule has 3 heteroatoms. The van der Waals surface area contributed by atoms with Crippen molar-refractivity contribution in [1.29, 1.82) is 5.26 Å². The zero-order valence-corrected chi connectivity index (χ0v) is 21.6. The van der Waals surface area contributed by atoms with Crippen molar-refractivity contribution in [3.63, 3.8) is 0 Å². The van der Waals surface area contributed by atoms with Crippen LogP contribution in [0, 0.1) is 57.2 Å². The minimum atomic E-state index is -0.469. The summed E-state index contributed by atoms with van der Waals surface area (Å²) in [5.41, 5.74) is 1.53. The number of rotatable bonds is 5. The molecule has 0 unspecified atom stereocenters.